The molecular formula is C11H17FN2O2S2. The molecule has 4 nitrogen and oxygen atoms in total. The normalized spacial score (nSPS) is 11.7. The van der Waals surface area contributed by atoms with E-state index in [1.54, 1.807) is 11.8 Å². The summed E-state index contributed by atoms with van der Waals surface area (Å²) in [6, 6.07) is 3.83. The Morgan fingerprint density at radius 2 is 2.11 bits per heavy atom. The highest BCUT2D eigenvalue weighted by molar-refractivity contribution is 7.98. The van der Waals surface area contributed by atoms with Crippen LogP contribution in [0.25, 0.3) is 0 Å². The van der Waals surface area contributed by atoms with E-state index in [0.717, 1.165) is 18.2 Å². The van der Waals surface area contributed by atoms with Crippen molar-refractivity contribution in [3.05, 3.63) is 24.0 Å². The van der Waals surface area contributed by atoms with Crippen molar-refractivity contribution >= 4 is 27.5 Å². The van der Waals surface area contributed by atoms with E-state index in [1.165, 1.54) is 12.1 Å². The van der Waals surface area contributed by atoms with Crippen LogP contribution in [0.5, 0.6) is 0 Å². The molecule has 0 fully saturated rings. The zero-order valence-electron chi connectivity index (χ0n) is 10.1. The minimum absolute atomic E-state index is 0.0772. The topological polar surface area (TPSA) is 72.2 Å². The van der Waals surface area contributed by atoms with Crippen LogP contribution < -0.4 is 10.5 Å². The van der Waals surface area contributed by atoms with Crippen LogP contribution in [0.15, 0.2) is 23.1 Å². The Morgan fingerprint density at radius 3 is 2.72 bits per heavy atom. The molecule has 0 atom stereocenters. The van der Waals surface area contributed by atoms with Crippen molar-refractivity contribution in [2.45, 2.75) is 17.7 Å². The Labute approximate surface area is 111 Å². The fraction of sp³-hybridized carbons (Fsp3) is 0.455. The zero-order valence-corrected chi connectivity index (χ0v) is 11.8. The van der Waals surface area contributed by atoms with Gasteiger partial charge in [0.1, 0.15) is 10.7 Å². The van der Waals surface area contributed by atoms with Gasteiger partial charge in [-0.25, -0.2) is 17.5 Å². The fourth-order valence-corrected chi connectivity index (χ4v) is 3.21. The van der Waals surface area contributed by atoms with Crippen LogP contribution in [-0.4, -0.2) is 27.0 Å². The third kappa shape index (κ3) is 4.15. The summed E-state index contributed by atoms with van der Waals surface area (Å²) >= 11 is 1.70. The van der Waals surface area contributed by atoms with Gasteiger partial charge in [-0.3, -0.25) is 0 Å². The van der Waals surface area contributed by atoms with Crippen LogP contribution in [0.2, 0.25) is 0 Å². The number of anilines is 1. The lowest BCUT2D eigenvalue weighted by Crippen LogP contribution is -2.26. The smallest absolute Gasteiger partial charge is 0.245 e. The molecule has 1 aromatic rings. The van der Waals surface area contributed by atoms with E-state index in [0.29, 0.717) is 6.42 Å². The van der Waals surface area contributed by atoms with Crippen molar-refractivity contribution < 1.29 is 12.8 Å². The predicted molar refractivity (Wildman–Crippen MR) is 73.6 cm³/mol. The summed E-state index contributed by atoms with van der Waals surface area (Å²) in [6.45, 7) is 0.288. The molecular weight excluding hydrogens is 275 g/mol. The van der Waals surface area contributed by atoms with E-state index in [1.807, 2.05) is 6.26 Å². The molecule has 1 aromatic carbocycles. The lowest BCUT2D eigenvalue weighted by Gasteiger charge is -2.09. The largest absolute Gasteiger partial charge is 0.398 e. The second kappa shape index (κ2) is 6.96. The van der Waals surface area contributed by atoms with E-state index in [2.05, 4.69) is 4.72 Å². The number of sulfonamides is 1. The number of halogens is 1. The van der Waals surface area contributed by atoms with Crippen molar-refractivity contribution in [3.8, 4) is 0 Å². The van der Waals surface area contributed by atoms with Gasteiger partial charge in [0.25, 0.3) is 0 Å². The Bertz CT molecular complexity index is 472. The minimum atomic E-state index is -3.87. The zero-order chi connectivity index (χ0) is 13.6. The Kier molecular flexibility index (Phi) is 5.90. The molecule has 0 aliphatic carbocycles. The van der Waals surface area contributed by atoms with E-state index in [-0.39, 0.29) is 12.2 Å². The van der Waals surface area contributed by atoms with Crippen LogP contribution in [0.1, 0.15) is 12.8 Å². The summed E-state index contributed by atoms with van der Waals surface area (Å²) in [7, 11) is -3.87. The van der Waals surface area contributed by atoms with Crippen LogP contribution in [0.3, 0.4) is 0 Å². The molecule has 0 unspecified atom stereocenters. The van der Waals surface area contributed by atoms with Crippen molar-refractivity contribution in [2.75, 3.05) is 24.3 Å². The number of nitrogens with two attached hydrogens (primary N) is 1. The number of thioether (sulfide) groups is 1. The van der Waals surface area contributed by atoms with Gasteiger partial charge in [0.2, 0.25) is 10.0 Å². The van der Waals surface area contributed by atoms with Crippen molar-refractivity contribution in [1.82, 2.24) is 4.72 Å². The first-order chi connectivity index (χ1) is 8.49. The van der Waals surface area contributed by atoms with E-state index in [9.17, 15) is 12.8 Å². The molecule has 102 valence electrons. The minimum Gasteiger partial charge on any atom is -0.398 e. The molecule has 18 heavy (non-hydrogen) atoms. The van der Waals surface area contributed by atoms with Gasteiger partial charge in [0, 0.05) is 6.54 Å². The first kappa shape index (κ1) is 15.3. The molecule has 0 aliphatic heterocycles. The number of nitrogen functional groups attached to an aromatic ring is 1. The van der Waals surface area contributed by atoms with Crippen LogP contribution in [0, 0.1) is 5.82 Å². The second-order valence-electron chi connectivity index (χ2n) is 3.76. The summed E-state index contributed by atoms with van der Waals surface area (Å²) in [5, 5.41) is 0. The van der Waals surface area contributed by atoms with Gasteiger partial charge in [0.05, 0.1) is 5.69 Å². The molecule has 0 spiro atoms. The lowest BCUT2D eigenvalue weighted by atomic mass is 10.3. The highest BCUT2D eigenvalue weighted by Crippen LogP contribution is 2.21. The Balaban J connectivity index is 2.69. The number of unbranched alkanes of at least 4 members (excludes halogenated alkanes) is 1. The Hall–Kier alpha value is -0.790. The first-order valence-electron chi connectivity index (χ1n) is 5.51. The van der Waals surface area contributed by atoms with E-state index < -0.39 is 20.7 Å². The van der Waals surface area contributed by atoms with Crippen molar-refractivity contribution in [1.29, 1.82) is 0 Å². The first-order valence-corrected chi connectivity index (χ1v) is 8.39. The lowest BCUT2D eigenvalue weighted by molar-refractivity contribution is 0.556. The maximum Gasteiger partial charge on any atom is 0.245 e. The third-order valence-electron chi connectivity index (χ3n) is 2.33. The van der Waals surface area contributed by atoms with Gasteiger partial charge in [-0.2, -0.15) is 11.8 Å². The van der Waals surface area contributed by atoms with Crippen LogP contribution >= 0.6 is 11.8 Å². The van der Waals surface area contributed by atoms with Gasteiger partial charge in [-0.15, -0.1) is 0 Å². The summed E-state index contributed by atoms with van der Waals surface area (Å²) in [5.74, 6) is 0.149. The maximum atomic E-state index is 13.5. The molecule has 0 saturated heterocycles. The molecule has 0 heterocycles. The molecule has 0 aliphatic rings. The summed E-state index contributed by atoms with van der Waals surface area (Å²) < 4.78 is 39.6. The number of benzene rings is 1. The number of nitrogens with one attached hydrogen (secondary N) is 1. The molecule has 7 heteroatoms. The highest BCUT2D eigenvalue weighted by Gasteiger charge is 2.21. The summed E-state index contributed by atoms with van der Waals surface area (Å²) in [4.78, 5) is -0.463. The van der Waals surface area contributed by atoms with Gasteiger partial charge in [-0.1, -0.05) is 6.07 Å². The van der Waals surface area contributed by atoms with Gasteiger partial charge >= 0.3 is 0 Å². The van der Waals surface area contributed by atoms with Crippen molar-refractivity contribution in [3.63, 3.8) is 0 Å². The average molecular weight is 292 g/mol. The molecule has 0 saturated carbocycles. The standard InChI is InChI=1S/C11H17FN2O2S2/c1-17-8-3-2-7-14-18(15,16)11-9(12)5-4-6-10(11)13/h4-6,14H,2-3,7-8,13H2,1H3. The molecule has 0 bridgehead atoms. The van der Waals surface area contributed by atoms with Crippen molar-refractivity contribution in [2.24, 2.45) is 0 Å². The second-order valence-corrected chi connectivity index (χ2v) is 6.45. The summed E-state index contributed by atoms with van der Waals surface area (Å²) in [5.41, 5.74) is 5.42. The fourth-order valence-electron chi connectivity index (χ4n) is 1.46. The molecule has 0 aromatic heterocycles. The van der Waals surface area contributed by atoms with Gasteiger partial charge < -0.3 is 5.73 Å². The molecule has 1 rings (SSSR count). The Morgan fingerprint density at radius 1 is 1.39 bits per heavy atom. The van der Waals surface area contributed by atoms with Crippen LogP contribution in [0.4, 0.5) is 10.1 Å². The SMILES string of the molecule is CSCCCCNS(=O)(=O)c1c(N)cccc1F. The highest BCUT2D eigenvalue weighted by atomic mass is 32.2. The quantitative estimate of drug-likeness (QED) is 0.594. The molecule has 3 N–H and O–H groups in total. The molecule has 0 radical (unpaired) electrons. The predicted octanol–water partition coefficient (Wildman–Crippen LogP) is 1.83. The monoisotopic (exact) mass is 292 g/mol. The third-order valence-corrected chi connectivity index (χ3v) is 4.58. The maximum absolute atomic E-state index is 13.5. The number of hydrogen-bond donors (Lipinski definition) is 2. The van der Waals surface area contributed by atoms with Gasteiger partial charge in [0.15, 0.2) is 0 Å². The summed E-state index contributed by atoms with van der Waals surface area (Å²) in [6.07, 6.45) is 3.62. The van der Waals surface area contributed by atoms with Gasteiger partial charge in [-0.05, 0) is 37.0 Å². The number of hydrogen-bond acceptors (Lipinski definition) is 4. The van der Waals surface area contributed by atoms with Crippen LogP contribution in [-0.2, 0) is 10.0 Å². The van der Waals surface area contributed by atoms with E-state index in [4.69, 9.17) is 5.73 Å². The molecule has 0 amide bonds. The van der Waals surface area contributed by atoms with E-state index >= 15 is 0 Å². The average Bonchev–Trinajstić information content (AvgIpc) is 2.28. The number of rotatable bonds is 7.